The molecular weight excluding hydrogens is 361 g/mol. The van der Waals surface area contributed by atoms with Gasteiger partial charge in [-0.2, -0.15) is 0 Å². The smallest absolute Gasteiger partial charge is 0.317 e. The van der Waals surface area contributed by atoms with Gasteiger partial charge in [-0.1, -0.05) is 35.3 Å². The number of aryl methyl sites for hydroxylation is 1. The van der Waals surface area contributed by atoms with Crippen LogP contribution in [0.4, 0.5) is 5.69 Å². The highest BCUT2D eigenvalue weighted by Crippen LogP contribution is 2.49. The predicted octanol–water partition coefficient (Wildman–Crippen LogP) is 4.52. The average molecular weight is 378 g/mol. The molecule has 130 valence electrons. The fraction of sp³-hybridized carbons (Fsp3) is 0.263. The Kier molecular flexibility index (Phi) is 5.02. The molecule has 0 aliphatic heterocycles. The normalized spacial score (nSPS) is 14.7. The van der Waals surface area contributed by atoms with E-state index < -0.39 is 5.41 Å². The zero-order chi connectivity index (χ0) is 18.0. The molecule has 1 aliphatic rings. The summed E-state index contributed by atoms with van der Waals surface area (Å²) in [6.45, 7) is 1.52. The van der Waals surface area contributed by atoms with Crippen molar-refractivity contribution in [3.05, 3.63) is 63.6 Å². The molecule has 1 fully saturated rings. The Labute approximate surface area is 156 Å². The van der Waals surface area contributed by atoms with Gasteiger partial charge in [-0.05, 0) is 61.2 Å². The third-order valence-electron chi connectivity index (χ3n) is 4.33. The number of benzene rings is 2. The lowest BCUT2D eigenvalue weighted by Gasteiger charge is -2.15. The molecule has 1 N–H and O–H groups in total. The fourth-order valence-corrected chi connectivity index (χ4v) is 3.08. The van der Waals surface area contributed by atoms with Crippen LogP contribution in [0.3, 0.4) is 0 Å². The first-order valence-corrected chi connectivity index (χ1v) is 8.66. The monoisotopic (exact) mass is 377 g/mol. The molecule has 0 aromatic heterocycles. The number of amides is 1. The second-order valence-corrected chi connectivity index (χ2v) is 7.05. The maximum absolute atomic E-state index is 12.4. The molecule has 0 radical (unpaired) electrons. The summed E-state index contributed by atoms with van der Waals surface area (Å²) in [5.41, 5.74) is 1.72. The van der Waals surface area contributed by atoms with Crippen molar-refractivity contribution in [2.24, 2.45) is 0 Å². The van der Waals surface area contributed by atoms with E-state index in [1.807, 2.05) is 19.1 Å². The Bertz CT molecular complexity index is 814. The highest BCUT2D eigenvalue weighted by molar-refractivity contribution is 6.31. The first-order valence-electron chi connectivity index (χ1n) is 7.90. The van der Waals surface area contributed by atoms with Crippen molar-refractivity contribution in [2.75, 3.05) is 11.9 Å². The first kappa shape index (κ1) is 17.8. The van der Waals surface area contributed by atoms with E-state index in [9.17, 15) is 9.59 Å². The number of hydrogen-bond donors (Lipinski definition) is 1. The Morgan fingerprint density at radius 3 is 2.32 bits per heavy atom. The number of ether oxygens (including phenoxy) is 1. The molecule has 25 heavy (non-hydrogen) atoms. The summed E-state index contributed by atoms with van der Waals surface area (Å²) in [4.78, 5) is 24.5. The third kappa shape index (κ3) is 3.97. The van der Waals surface area contributed by atoms with Crippen molar-refractivity contribution in [2.45, 2.75) is 25.2 Å². The molecule has 2 aromatic rings. The first-order chi connectivity index (χ1) is 11.9. The van der Waals surface area contributed by atoms with Crippen LogP contribution in [0.15, 0.2) is 42.5 Å². The zero-order valence-electron chi connectivity index (χ0n) is 13.6. The number of nitrogens with one attached hydrogen (secondary N) is 1. The quantitative estimate of drug-likeness (QED) is 0.779. The molecule has 4 nitrogen and oxygen atoms in total. The van der Waals surface area contributed by atoms with Gasteiger partial charge in [0.15, 0.2) is 6.61 Å². The van der Waals surface area contributed by atoms with Crippen LogP contribution in [0.25, 0.3) is 0 Å². The molecule has 3 rings (SSSR count). The molecule has 0 atom stereocenters. The Morgan fingerprint density at radius 1 is 1.08 bits per heavy atom. The molecule has 1 amide bonds. The van der Waals surface area contributed by atoms with E-state index in [4.69, 9.17) is 27.9 Å². The Balaban J connectivity index is 1.58. The second-order valence-electron chi connectivity index (χ2n) is 6.17. The topological polar surface area (TPSA) is 55.4 Å². The van der Waals surface area contributed by atoms with E-state index in [0.29, 0.717) is 28.6 Å². The fourth-order valence-electron chi connectivity index (χ4n) is 2.73. The van der Waals surface area contributed by atoms with Crippen LogP contribution in [0.1, 0.15) is 24.0 Å². The van der Waals surface area contributed by atoms with Gasteiger partial charge in [0, 0.05) is 15.7 Å². The molecule has 6 heteroatoms. The van der Waals surface area contributed by atoms with Crippen LogP contribution in [0, 0.1) is 6.92 Å². The van der Waals surface area contributed by atoms with Gasteiger partial charge in [0.25, 0.3) is 5.91 Å². The lowest BCUT2D eigenvalue weighted by molar-refractivity contribution is -0.150. The lowest BCUT2D eigenvalue weighted by Crippen LogP contribution is -2.28. The molecule has 2 aromatic carbocycles. The second kappa shape index (κ2) is 7.06. The number of hydrogen-bond acceptors (Lipinski definition) is 3. The number of anilines is 1. The summed E-state index contributed by atoms with van der Waals surface area (Å²) in [7, 11) is 0. The van der Waals surface area contributed by atoms with Gasteiger partial charge in [0.2, 0.25) is 0 Å². The van der Waals surface area contributed by atoms with Crippen LogP contribution in [0.2, 0.25) is 10.0 Å². The molecule has 0 saturated heterocycles. The van der Waals surface area contributed by atoms with E-state index in [2.05, 4.69) is 5.32 Å². The maximum atomic E-state index is 12.4. The minimum absolute atomic E-state index is 0.323. The molecule has 1 aliphatic carbocycles. The molecule has 1 saturated carbocycles. The van der Waals surface area contributed by atoms with Gasteiger partial charge in [-0.3, -0.25) is 9.59 Å². The van der Waals surface area contributed by atoms with Crippen LogP contribution >= 0.6 is 23.2 Å². The molecule has 0 bridgehead atoms. The van der Waals surface area contributed by atoms with Crippen LogP contribution in [-0.2, 0) is 19.7 Å². The number of esters is 1. The molecule has 0 heterocycles. The van der Waals surface area contributed by atoms with Gasteiger partial charge in [-0.15, -0.1) is 0 Å². The van der Waals surface area contributed by atoms with E-state index in [-0.39, 0.29) is 18.5 Å². The highest BCUT2D eigenvalue weighted by atomic mass is 35.5. The summed E-state index contributed by atoms with van der Waals surface area (Å²) in [5, 5.41) is 3.93. The average Bonchev–Trinajstić information content (AvgIpc) is 3.38. The molecular formula is C19H17Cl2NO3. The van der Waals surface area contributed by atoms with Crippen molar-refractivity contribution in [1.29, 1.82) is 0 Å². The Hall–Kier alpha value is -2.04. The SMILES string of the molecule is Cc1cc(Cl)ccc1NC(=O)COC(=O)C1(c2ccc(Cl)cc2)CC1. The van der Waals surface area contributed by atoms with E-state index in [1.165, 1.54) is 0 Å². The lowest BCUT2D eigenvalue weighted by atomic mass is 9.96. The minimum atomic E-state index is -0.638. The van der Waals surface area contributed by atoms with Crippen molar-refractivity contribution < 1.29 is 14.3 Å². The van der Waals surface area contributed by atoms with Crippen molar-refractivity contribution in [1.82, 2.24) is 0 Å². The number of carbonyl (C=O) groups excluding carboxylic acids is 2. The standard InChI is InChI=1S/C19H17Cl2NO3/c1-12-10-15(21)6-7-16(12)22-17(23)11-25-18(24)19(8-9-19)13-2-4-14(20)5-3-13/h2-7,10H,8-9,11H2,1H3,(H,22,23). The number of rotatable bonds is 5. The van der Waals surface area contributed by atoms with Gasteiger partial charge >= 0.3 is 5.97 Å². The van der Waals surface area contributed by atoms with Gasteiger partial charge < -0.3 is 10.1 Å². The Morgan fingerprint density at radius 2 is 1.72 bits per heavy atom. The summed E-state index contributed by atoms with van der Waals surface area (Å²) >= 11 is 11.8. The maximum Gasteiger partial charge on any atom is 0.317 e. The number of carbonyl (C=O) groups is 2. The van der Waals surface area contributed by atoms with Crippen molar-refractivity contribution in [3.8, 4) is 0 Å². The summed E-state index contributed by atoms with van der Waals surface area (Å²) in [6, 6.07) is 12.3. The van der Waals surface area contributed by atoms with Crippen LogP contribution in [-0.4, -0.2) is 18.5 Å². The van der Waals surface area contributed by atoms with E-state index >= 15 is 0 Å². The van der Waals surface area contributed by atoms with Crippen molar-refractivity contribution in [3.63, 3.8) is 0 Å². The predicted molar refractivity (Wildman–Crippen MR) is 98.1 cm³/mol. The number of halogens is 2. The molecule has 0 spiro atoms. The zero-order valence-corrected chi connectivity index (χ0v) is 15.2. The van der Waals surface area contributed by atoms with Gasteiger partial charge in [0.1, 0.15) is 0 Å². The van der Waals surface area contributed by atoms with Crippen LogP contribution < -0.4 is 5.32 Å². The van der Waals surface area contributed by atoms with Crippen LogP contribution in [0.5, 0.6) is 0 Å². The van der Waals surface area contributed by atoms with Gasteiger partial charge in [0.05, 0.1) is 5.41 Å². The highest BCUT2D eigenvalue weighted by Gasteiger charge is 2.52. The van der Waals surface area contributed by atoms with Crippen molar-refractivity contribution >= 4 is 40.8 Å². The van der Waals surface area contributed by atoms with E-state index in [0.717, 1.165) is 11.1 Å². The third-order valence-corrected chi connectivity index (χ3v) is 4.82. The summed E-state index contributed by atoms with van der Waals surface area (Å²) < 4.78 is 5.24. The summed E-state index contributed by atoms with van der Waals surface area (Å²) in [6.07, 6.45) is 1.43. The van der Waals surface area contributed by atoms with Gasteiger partial charge in [-0.25, -0.2) is 0 Å². The minimum Gasteiger partial charge on any atom is -0.455 e. The molecule has 0 unspecified atom stereocenters. The summed E-state index contributed by atoms with van der Waals surface area (Å²) in [5.74, 6) is -0.761. The largest absolute Gasteiger partial charge is 0.455 e. The van der Waals surface area contributed by atoms with E-state index in [1.54, 1.807) is 30.3 Å².